The Hall–Kier alpha value is -8.00. The van der Waals surface area contributed by atoms with Crippen LogP contribution in [-0.4, -0.2) is 0 Å². The van der Waals surface area contributed by atoms with Crippen molar-refractivity contribution >= 4 is 39.5 Å². The molecule has 0 amide bonds. The molecule has 0 unspecified atom stereocenters. The third-order valence-electron chi connectivity index (χ3n) is 13.9. The van der Waals surface area contributed by atoms with Gasteiger partial charge in [0, 0.05) is 17.1 Å². The highest BCUT2D eigenvalue weighted by atomic mass is 15.1. The summed E-state index contributed by atoms with van der Waals surface area (Å²) in [6.45, 7) is 4.47. The van der Waals surface area contributed by atoms with Gasteiger partial charge in [-0.05, 0) is 154 Å². The Bertz CT molecular complexity index is 3450. The molecule has 4 aliphatic rings. The van der Waals surface area contributed by atoms with E-state index in [-0.39, 0.29) is 0 Å². The zero-order chi connectivity index (χ0) is 41.6. The van der Waals surface area contributed by atoms with Crippen molar-refractivity contribution in [3.05, 3.63) is 270 Å². The van der Waals surface area contributed by atoms with E-state index in [2.05, 4.69) is 236 Å². The van der Waals surface area contributed by atoms with Crippen LogP contribution in [0.3, 0.4) is 0 Å². The Kier molecular flexibility index (Phi) is 7.80. The molecule has 63 heavy (non-hydrogen) atoms. The minimum Gasteiger partial charge on any atom is -0.310 e. The second-order valence-corrected chi connectivity index (χ2v) is 17.3. The number of fused-ring (bicyclic) bond motifs is 14. The van der Waals surface area contributed by atoms with E-state index in [4.69, 9.17) is 0 Å². The van der Waals surface area contributed by atoms with Crippen molar-refractivity contribution in [1.29, 1.82) is 0 Å². The number of hydrogen-bond acceptors (Lipinski definition) is 1. The van der Waals surface area contributed by atoms with Crippen LogP contribution >= 0.6 is 0 Å². The van der Waals surface area contributed by atoms with Crippen LogP contribution in [0.2, 0.25) is 0 Å². The highest BCUT2D eigenvalue weighted by Gasteiger charge is 2.51. The lowest BCUT2D eigenvalue weighted by Gasteiger charge is -2.32. The molecule has 0 fully saturated rings. The third-order valence-corrected chi connectivity index (χ3v) is 13.9. The fourth-order valence-electron chi connectivity index (χ4n) is 11.3. The molecular weight excluding hydrogens is 759 g/mol. The average molecular weight is 800 g/mol. The Labute approximate surface area is 368 Å². The van der Waals surface area contributed by atoms with Gasteiger partial charge in [0.1, 0.15) is 0 Å². The predicted octanol–water partition coefficient (Wildman–Crippen LogP) is 16.1. The van der Waals surface area contributed by atoms with Crippen molar-refractivity contribution < 1.29 is 0 Å². The molecule has 1 heteroatoms. The lowest BCUT2D eigenvalue weighted by molar-refractivity contribution is 0.793. The van der Waals surface area contributed by atoms with Gasteiger partial charge < -0.3 is 4.90 Å². The zero-order valence-corrected chi connectivity index (χ0v) is 34.7. The minimum absolute atomic E-state index is 0.448. The third kappa shape index (κ3) is 5.24. The Morgan fingerprint density at radius 1 is 0.413 bits per heavy atom. The first-order chi connectivity index (χ1) is 31.1. The first kappa shape index (κ1) is 35.7. The summed E-state index contributed by atoms with van der Waals surface area (Å²) in [6.07, 6.45) is 11.9. The molecule has 9 aromatic rings. The number of anilines is 3. The summed E-state index contributed by atoms with van der Waals surface area (Å²) in [5.74, 6) is 0. The van der Waals surface area contributed by atoms with Gasteiger partial charge in [-0.2, -0.15) is 0 Å². The summed E-state index contributed by atoms with van der Waals surface area (Å²) < 4.78 is 0. The van der Waals surface area contributed by atoms with Gasteiger partial charge in [-0.1, -0.05) is 189 Å². The molecule has 0 aliphatic heterocycles. The van der Waals surface area contributed by atoms with Crippen molar-refractivity contribution in [2.45, 2.75) is 11.8 Å². The standard InChI is InChI=1S/C62H41N/c1-40-30-31-42-15-3-2-14-41(42)16-10-19-44(36-40)45-20-11-21-46(37-45)63(47-32-34-49-54-25-12-17-43-18-13-26-55(61(43)54)56(49)38-47)48-33-35-53-52-24-6-9-29-59(52)62(60(53)39-48)57-27-7-4-22-50(57)51-23-5-8-28-58(51)62/h2-15,17-39H,1,16H2/b19-10-,31-30-,44-36?. The van der Waals surface area contributed by atoms with Gasteiger partial charge >= 0.3 is 0 Å². The van der Waals surface area contributed by atoms with Gasteiger partial charge in [0.15, 0.2) is 0 Å². The van der Waals surface area contributed by atoms with Crippen LogP contribution in [0.25, 0.3) is 66.9 Å². The number of allylic oxidation sites excluding steroid dienone is 6. The van der Waals surface area contributed by atoms with E-state index in [0.29, 0.717) is 0 Å². The van der Waals surface area contributed by atoms with E-state index in [9.17, 15) is 0 Å². The van der Waals surface area contributed by atoms with Crippen molar-refractivity contribution in [2.75, 3.05) is 4.90 Å². The van der Waals surface area contributed by atoms with E-state index in [1.54, 1.807) is 0 Å². The highest BCUT2D eigenvalue weighted by molar-refractivity contribution is 6.15. The van der Waals surface area contributed by atoms with Crippen LogP contribution in [0.15, 0.2) is 231 Å². The van der Waals surface area contributed by atoms with Crippen molar-refractivity contribution in [3.63, 3.8) is 0 Å². The fraction of sp³-hybridized carbons (Fsp3) is 0.0323. The fourth-order valence-corrected chi connectivity index (χ4v) is 11.3. The molecule has 0 N–H and O–H groups in total. The Morgan fingerprint density at radius 3 is 1.71 bits per heavy atom. The first-order valence-corrected chi connectivity index (χ1v) is 22.0. The summed E-state index contributed by atoms with van der Waals surface area (Å²) >= 11 is 0. The predicted molar refractivity (Wildman–Crippen MR) is 265 cm³/mol. The zero-order valence-electron chi connectivity index (χ0n) is 34.7. The van der Waals surface area contributed by atoms with E-state index < -0.39 is 5.41 Å². The molecule has 0 heterocycles. The maximum atomic E-state index is 4.47. The van der Waals surface area contributed by atoms with Crippen molar-refractivity contribution in [1.82, 2.24) is 0 Å². The molecule has 1 nitrogen and oxygen atoms in total. The summed E-state index contributed by atoms with van der Waals surface area (Å²) in [4.78, 5) is 2.48. The van der Waals surface area contributed by atoms with Crippen LogP contribution in [0.4, 0.5) is 17.1 Å². The van der Waals surface area contributed by atoms with E-state index in [1.165, 1.54) is 88.7 Å². The summed E-state index contributed by atoms with van der Waals surface area (Å²) in [6, 6.07) is 72.6. The largest absolute Gasteiger partial charge is 0.310 e. The molecule has 0 radical (unpaired) electrons. The number of hydrogen-bond donors (Lipinski definition) is 0. The molecule has 1 spiro atoms. The van der Waals surface area contributed by atoms with Gasteiger partial charge in [-0.15, -0.1) is 0 Å². The average Bonchev–Trinajstić information content (AvgIpc) is 3.93. The van der Waals surface area contributed by atoms with Crippen LogP contribution in [0.1, 0.15) is 38.9 Å². The van der Waals surface area contributed by atoms with Crippen molar-refractivity contribution in [3.8, 4) is 44.5 Å². The quantitative estimate of drug-likeness (QED) is 0.171. The second-order valence-electron chi connectivity index (χ2n) is 17.3. The van der Waals surface area contributed by atoms with E-state index in [1.807, 2.05) is 0 Å². The molecule has 0 aromatic heterocycles. The van der Waals surface area contributed by atoms with Gasteiger partial charge in [0.2, 0.25) is 0 Å². The Balaban J connectivity index is 1.02. The topological polar surface area (TPSA) is 3.24 Å². The van der Waals surface area contributed by atoms with Gasteiger partial charge in [-0.3, -0.25) is 0 Å². The molecule has 13 rings (SSSR count). The number of benzene rings is 9. The normalized spacial score (nSPS) is 15.4. The second kappa shape index (κ2) is 13.8. The van der Waals surface area contributed by atoms with E-state index >= 15 is 0 Å². The molecule has 0 saturated carbocycles. The lowest BCUT2D eigenvalue weighted by Crippen LogP contribution is -2.26. The highest BCUT2D eigenvalue weighted by Crippen LogP contribution is 2.63. The SMILES string of the molecule is C=C1C=C(c2cccc(N(c3ccc4c(c3)-c3cccc5cccc-4c35)c3ccc4c(c3)C3(c5ccccc5-c5ccccc53)c3ccccc3-4)c2)/C=C\Cc2ccccc2/C=C\1. The molecule has 0 saturated heterocycles. The molecule has 4 aliphatic carbocycles. The van der Waals surface area contributed by atoms with Gasteiger partial charge in [-0.25, -0.2) is 0 Å². The minimum atomic E-state index is -0.448. The van der Waals surface area contributed by atoms with Crippen LogP contribution in [0.5, 0.6) is 0 Å². The van der Waals surface area contributed by atoms with Gasteiger partial charge in [0.05, 0.1) is 5.41 Å². The summed E-state index contributed by atoms with van der Waals surface area (Å²) in [7, 11) is 0. The number of rotatable bonds is 4. The first-order valence-electron chi connectivity index (χ1n) is 22.0. The Morgan fingerprint density at radius 2 is 0.984 bits per heavy atom. The van der Waals surface area contributed by atoms with Crippen LogP contribution in [0, 0.1) is 0 Å². The molecule has 294 valence electrons. The smallest absolute Gasteiger partial charge is 0.0726 e. The van der Waals surface area contributed by atoms with Crippen molar-refractivity contribution in [2.24, 2.45) is 0 Å². The maximum absolute atomic E-state index is 4.47. The molecular formula is C62H41N. The monoisotopic (exact) mass is 799 g/mol. The molecule has 9 aromatic carbocycles. The lowest BCUT2D eigenvalue weighted by atomic mass is 9.70. The molecule has 0 atom stereocenters. The maximum Gasteiger partial charge on any atom is 0.0726 e. The van der Waals surface area contributed by atoms with Crippen LogP contribution in [-0.2, 0) is 11.8 Å². The number of nitrogens with zero attached hydrogens (tertiary/aromatic N) is 1. The summed E-state index contributed by atoms with van der Waals surface area (Å²) in [5.41, 5.74) is 24.4. The molecule has 0 bridgehead atoms. The van der Waals surface area contributed by atoms with E-state index in [0.717, 1.165) is 40.2 Å². The van der Waals surface area contributed by atoms with Gasteiger partial charge in [0.25, 0.3) is 0 Å². The van der Waals surface area contributed by atoms with Crippen LogP contribution < -0.4 is 4.90 Å². The summed E-state index contributed by atoms with van der Waals surface area (Å²) in [5, 5.41) is 2.61.